The highest BCUT2D eigenvalue weighted by molar-refractivity contribution is 5.80. The van der Waals surface area contributed by atoms with Gasteiger partial charge in [0.1, 0.15) is 6.33 Å². The molecular weight excluding hydrogens is 358 g/mol. The Morgan fingerprint density at radius 3 is 2.64 bits per heavy atom. The molecule has 0 radical (unpaired) electrons. The minimum atomic E-state index is -0.384. The van der Waals surface area contributed by atoms with E-state index in [2.05, 4.69) is 20.4 Å². The van der Waals surface area contributed by atoms with Crippen LogP contribution in [0, 0.1) is 13.8 Å². The van der Waals surface area contributed by atoms with Crippen LogP contribution in [0.25, 0.3) is 5.78 Å². The molecule has 2 heterocycles. The minimum absolute atomic E-state index is 0.195. The Bertz CT molecular complexity index is 825. The first-order valence-corrected chi connectivity index (χ1v) is 10.2. The number of aryl methyl sites for hydroxylation is 2. The zero-order valence-electron chi connectivity index (χ0n) is 16.7. The summed E-state index contributed by atoms with van der Waals surface area (Å²) in [6.45, 7) is 3.61. The van der Waals surface area contributed by atoms with Crippen molar-refractivity contribution in [1.82, 2.24) is 24.9 Å². The average molecular weight is 387 g/mol. The van der Waals surface area contributed by atoms with Crippen LogP contribution in [-0.2, 0) is 20.7 Å². The Kier molecular flexibility index (Phi) is 6.95. The van der Waals surface area contributed by atoms with Crippen molar-refractivity contribution in [3.05, 3.63) is 23.3 Å². The lowest BCUT2D eigenvalue weighted by atomic mass is 9.97. The predicted molar refractivity (Wildman–Crippen MR) is 104 cm³/mol. The molecule has 0 atom stereocenters. The number of nitrogens with zero attached hydrogens (tertiary/aromatic N) is 4. The Morgan fingerprint density at radius 1 is 1.18 bits per heavy atom. The standard InChI is InChI=1S/C20H29N5O3/c1-14-17(15(2)25-20(23-14)21-13-22-25)10-11-19(27)28-12-18(26)24-16-8-6-4-3-5-7-9-16/h13,16H,3-12H2,1-2H3,(H,24,26). The summed E-state index contributed by atoms with van der Waals surface area (Å²) in [6, 6.07) is 0.206. The maximum Gasteiger partial charge on any atom is 0.306 e. The second kappa shape index (κ2) is 9.61. The summed E-state index contributed by atoms with van der Waals surface area (Å²) < 4.78 is 6.83. The van der Waals surface area contributed by atoms with Crippen LogP contribution in [0.15, 0.2) is 6.33 Å². The van der Waals surface area contributed by atoms with Crippen molar-refractivity contribution in [3.8, 4) is 0 Å². The van der Waals surface area contributed by atoms with Gasteiger partial charge in [0.25, 0.3) is 11.7 Å². The molecule has 28 heavy (non-hydrogen) atoms. The molecule has 1 aliphatic rings. The number of ether oxygens (including phenoxy) is 1. The number of nitrogens with one attached hydrogen (secondary N) is 1. The third kappa shape index (κ3) is 5.27. The van der Waals surface area contributed by atoms with Crippen molar-refractivity contribution in [2.45, 2.75) is 77.7 Å². The molecule has 8 heteroatoms. The van der Waals surface area contributed by atoms with E-state index in [0.29, 0.717) is 12.2 Å². The molecule has 0 saturated heterocycles. The molecule has 1 fully saturated rings. The lowest BCUT2D eigenvalue weighted by Gasteiger charge is -2.20. The lowest BCUT2D eigenvalue weighted by molar-refractivity contribution is -0.148. The molecule has 0 aliphatic heterocycles. The van der Waals surface area contributed by atoms with Crippen molar-refractivity contribution in [1.29, 1.82) is 0 Å². The van der Waals surface area contributed by atoms with Crippen molar-refractivity contribution in [3.63, 3.8) is 0 Å². The molecule has 8 nitrogen and oxygen atoms in total. The molecule has 0 aromatic carbocycles. The third-order valence-electron chi connectivity index (χ3n) is 5.40. The molecule has 3 rings (SSSR count). The largest absolute Gasteiger partial charge is 0.456 e. The third-order valence-corrected chi connectivity index (χ3v) is 5.40. The van der Waals surface area contributed by atoms with Crippen LogP contribution in [0.3, 0.4) is 0 Å². The van der Waals surface area contributed by atoms with Crippen LogP contribution >= 0.6 is 0 Å². The topological polar surface area (TPSA) is 98.5 Å². The van der Waals surface area contributed by atoms with E-state index in [0.717, 1.165) is 42.6 Å². The van der Waals surface area contributed by atoms with Crippen molar-refractivity contribution in [2.75, 3.05) is 6.61 Å². The molecule has 2 aromatic rings. The SMILES string of the molecule is Cc1nc2ncnn2c(C)c1CCC(=O)OCC(=O)NC1CCCCCCC1. The number of fused-ring (bicyclic) bond motifs is 1. The van der Waals surface area contributed by atoms with Gasteiger partial charge in [-0.15, -0.1) is 0 Å². The van der Waals surface area contributed by atoms with Crippen molar-refractivity contribution < 1.29 is 14.3 Å². The molecule has 1 amide bonds. The molecular formula is C20H29N5O3. The summed E-state index contributed by atoms with van der Waals surface area (Å²) in [7, 11) is 0. The van der Waals surface area contributed by atoms with Gasteiger partial charge in [-0.05, 0) is 38.7 Å². The Hall–Kier alpha value is -2.51. The fourth-order valence-corrected chi connectivity index (χ4v) is 3.83. The number of aromatic nitrogens is 4. The summed E-state index contributed by atoms with van der Waals surface area (Å²) in [5.41, 5.74) is 2.69. The quantitative estimate of drug-likeness (QED) is 0.765. The maximum absolute atomic E-state index is 12.1. The van der Waals surface area contributed by atoms with Crippen LogP contribution in [0.1, 0.15) is 68.3 Å². The van der Waals surface area contributed by atoms with E-state index >= 15 is 0 Å². The van der Waals surface area contributed by atoms with Crippen LogP contribution in [0.2, 0.25) is 0 Å². The highest BCUT2D eigenvalue weighted by Gasteiger charge is 2.16. The van der Waals surface area contributed by atoms with Gasteiger partial charge in [-0.2, -0.15) is 10.1 Å². The van der Waals surface area contributed by atoms with E-state index in [4.69, 9.17) is 4.74 Å². The fraction of sp³-hybridized carbons (Fsp3) is 0.650. The number of carbonyl (C=O) groups excluding carboxylic acids is 2. The summed E-state index contributed by atoms with van der Waals surface area (Å²) in [5.74, 6) is -0.0468. The molecule has 0 spiro atoms. The number of rotatable bonds is 6. The van der Waals surface area contributed by atoms with Crippen LogP contribution < -0.4 is 5.32 Å². The van der Waals surface area contributed by atoms with Gasteiger partial charge in [-0.25, -0.2) is 9.50 Å². The monoisotopic (exact) mass is 387 g/mol. The van der Waals surface area contributed by atoms with Crippen LogP contribution in [0.4, 0.5) is 0 Å². The normalized spacial score (nSPS) is 15.8. The van der Waals surface area contributed by atoms with E-state index in [-0.39, 0.29) is 30.9 Å². The summed E-state index contributed by atoms with van der Waals surface area (Å²) in [5, 5.41) is 7.16. The predicted octanol–water partition coefficient (Wildman–Crippen LogP) is 2.45. The number of carbonyl (C=O) groups is 2. The lowest BCUT2D eigenvalue weighted by Crippen LogP contribution is -2.38. The molecule has 1 saturated carbocycles. The van der Waals surface area contributed by atoms with Gasteiger partial charge in [-0.3, -0.25) is 9.59 Å². The van der Waals surface area contributed by atoms with E-state index in [1.807, 2.05) is 13.8 Å². The van der Waals surface area contributed by atoms with E-state index in [1.165, 1.54) is 25.6 Å². The average Bonchev–Trinajstić information content (AvgIpc) is 3.10. The fourth-order valence-electron chi connectivity index (χ4n) is 3.83. The smallest absolute Gasteiger partial charge is 0.306 e. The number of amides is 1. The van der Waals surface area contributed by atoms with Crippen molar-refractivity contribution in [2.24, 2.45) is 0 Å². The van der Waals surface area contributed by atoms with Gasteiger partial charge in [0, 0.05) is 23.9 Å². The molecule has 0 unspecified atom stereocenters. The zero-order chi connectivity index (χ0) is 19.9. The number of hydrogen-bond donors (Lipinski definition) is 1. The number of hydrogen-bond acceptors (Lipinski definition) is 6. The second-order valence-electron chi connectivity index (χ2n) is 7.50. The maximum atomic E-state index is 12.1. The van der Waals surface area contributed by atoms with Gasteiger partial charge in [0.15, 0.2) is 6.61 Å². The van der Waals surface area contributed by atoms with Gasteiger partial charge in [0.2, 0.25) is 0 Å². The minimum Gasteiger partial charge on any atom is -0.456 e. The molecule has 0 bridgehead atoms. The van der Waals surface area contributed by atoms with Gasteiger partial charge >= 0.3 is 5.97 Å². The second-order valence-corrected chi connectivity index (χ2v) is 7.50. The highest BCUT2D eigenvalue weighted by atomic mass is 16.5. The van der Waals surface area contributed by atoms with Crippen LogP contribution in [0.5, 0.6) is 0 Å². The van der Waals surface area contributed by atoms with E-state index in [1.54, 1.807) is 4.52 Å². The first-order chi connectivity index (χ1) is 13.5. The van der Waals surface area contributed by atoms with Gasteiger partial charge in [0.05, 0.1) is 0 Å². The Balaban J connectivity index is 1.45. The summed E-state index contributed by atoms with van der Waals surface area (Å²) in [4.78, 5) is 32.7. The van der Waals surface area contributed by atoms with E-state index < -0.39 is 0 Å². The van der Waals surface area contributed by atoms with Crippen LogP contribution in [-0.4, -0.2) is 44.1 Å². The zero-order valence-corrected chi connectivity index (χ0v) is 16.7. The highest BCUT2D eigenvalue weighted by Crippen LogP contribution is 2.17. The molecule has 152 valence electrons. The molecule has 1 N–H and O–H groups in total. The summed E-state index contributed by atoms with van der Waals surface area (Å²) in [6.07, 6.45) is 10.2. The Morgan fingerprint density at radius 2 is 1.89 bits per heavy atom. The van der Waals surface area contributed by atoms with Crippen molar-refractivity contribution >= 4 is 17.7 Å². The van der Waals surface area contributed by atoms with Gasteiger partial charge < -0.3 is 10.1 Å². The Labute approximate surface area is 165 Å². The van der Waals surface area contributed by atoms with Gasteiger partial charge in [-0.1, -0.05) is 32.1 Å². The first kappa shape index (κ1) is 20.2. The molecule has 2 aromatic heterocycles. The molecule has 1 aliphatic carbocycles. The first-order valence-electron chi connectivity index (χ1n) is 10.2. The van der Waals surface area contributed by atoms with E-state index in [9.17, 15) is 9.59 Å². The number of esters is 1. The summed E-state index contributed by atoms with van der Waals surface area (Å²) >= 11 is 0.